The second-order valence-corrected chi connectivity index (χ2v) is 7.98. The summed E-state index contributed by atoms with van der Waals surface area (Å²) < 4.78 is 25.6. The third kappa shape index (κ3) is 4.16. The second-order valence-electron chi connectivity index (χ2n) is 7.28. The van der Waals surface area contributed by atoms with Gasteiger partial charge in [0.25, 0.3) is 0 Å². The molecule has 3 heterocycles. The molecule has 1 aliphatic rings. The van der Waals surface area contributed by atoms with Crippen LogP contribution in [0.15, 0.2) is 6.20 Å². The molecule has 0 aliphatic carbocycles. The van der Waals surface area contributed by atoms with Gasteiger partial charge in [0.05, 0.1) is 11.4 Å². The molecule has 1 amide bonds. The maximum atomic E-state index is 14.2. The summed E-state index contributed by atoms with van der Waals surface area (Å²) in [6, 6.07) is -0.270. The lowest BCUT2D eigenvalue weighted by molar-refractivity contribution is 0.0191. The number of carbonyl (C=O) groups excluding carboxylic acids is 1. The molecule has 146 valence electrons. The molecule has 0 spiro atoms. The largest absolute Gasteiger partial charge is 0.472 e. The Labute approximate surface area is 165 Å². The Morgan fingerprint density at radius 2 is 2.04 bits per heavy atom. The number of aromatic nitrogens is 3. The van der Waals surface area contributed by atoms with Crippen molar-refractivity contribution in [2.24, 2.45) is 0 Å². The van der Waals surface area contributed by atoms with Crippen LogP contribution >= 0.6 is 23.2 Å². The molecule has 7 nitrogen and oxygen atoms in total. The van der Waals surface area contributed by atoms with Crippen LogP contribution in [-0.4, -0.2) is 50.2 Å². The number of carbonyl (C=O) groups is 1. The van der Waals surface area contributed by atoms with Gasteiger partial charge in [-0.2, -0.15) is 4.98 Å². The van der Waals surface area contributed by atoms with Crippen molar-refractivity contribution in [1.29, 1.82) is 0 Å². The zero-order chi connectivity index (χ0) is 19.9. The van der Waals surface area contributed by atoms with Crippen LogP contribution in [0.25, 0.3) is 10.9 Å². The second kappa shape index (κ2) is 7.24. The summed E-state index contributed by atoms with van der Waals surface area (Å²) >= 11 is 11.6. The van der Waals surface area contributed by atoms with Gasteiger partial charge in [0.2, 0.25) is 11.2 Å². The van der Waals surface area contributed by atoms with Crippen molar-refractivity contribution in [2.75, 3.05) is 6.54 Å². The summed E-state index contributed by atoms with van der Waals surface area (Å²) in [5.41, 5.74) is -0.658. The maximum Gasteiger partial charge on any atom is 0.410 e. The van der Waals surface area contributed by atoms with E-state index in [1.165, 1.54) is 6.20 Å². The molecular formula is C17H19Cl2FN4O3. The molecule has 2 aromatic rings. The van der Waals surface area contributed by atoms with Gasteiger partial charge in [-0.3, -0.25) is 0 Å². The molecule has 27 heavy (non-hydrogen) atoms. The van der Waals surface area contributed by atoms with E-state index in [1.807, 2.05) is 6.92 Å². The predicted molar refractivity (Wildman–Crippen MR) is 98.7 cm³/mol. The van der Waals surface area contributed by atoms with Crippen molar-refractivity contribution in [1.82, 2.24) is 19.9 Å². The number of halogens is 3. The maximum absolute atomic E-state index is 14.2. The Morgan fingerprint density at radius 1 is 1.33 bits per heavy atom. The van der Waals surface area contributed by atoms with E-state index in [0.29, 0.717) is 13.0 Å². The molecule has 0 N–H and O–H groups in total. The number of rotatable bonds is 2. The van der Waals surface area contributed by atoms with Gasteiger partial charge in [0.1, 0.15) is 17.2 Å². The zero-order valence-corrected chi connectivity index (χ0v) is 16.8. The van der Waals surface area contributed by atoms with E-state index in [4.69, 9.17) is 32.7 Å². The molecule has 1 saturated heterocycles. The molecular weight excluding hydrogens is 398 g/mol. The predicted octanol–water partition coefficient (Wildman–Crippen LogP) is 4.25. The van der Waals surface area contributed by atoms with Crippen LogP contribution < -0.4 is 4.74 Å². The standard InChI is InChI=1S/C17H19Cl2FN4O3/c1-8-10(5-6-24(8)16(25)27-17(2,3)4)26-14-9-7-21-13(18)11(20)12(9)22-15(19)23-14/h7-8,10H,5-6H2,1-4H3/t8-,10-/m1/s1. The van der Waals surface area contributed by atoms with Gasteiger partial charge in [-0.05, 0) is 39.3 Å². The highest BCUT2D eigenvalue weighted by molar-refractivity contribution is 6.30. The van der Waals surface area contributed by atoms with Gasteiger partial charge < -0.3 is 14.4 Å². The first-order valence-corrected chi connectivity index (χ1v) is 9.16. The Hall–Kier alpha value is -1.93. The first kappa shape index (κ1) is 19.8. The summed E-state index contributed by atoms with van der Waals surface area (Å²) in [5.74, 6) is -0.700. The van der Waals surface area contributed by atoms with Gasteiger partial charge in [0, 0.05) is 19.2 Å². The molecule has 2 atom stereocenters. The Bertz CT molecular complexity index is 891. The van der Waals surface area contributed by atoms with Gasteiger partial charge in [-0.15, -0.1) is 0 Å². The first-order valence-electron chi connectivity index (χ1n) is 8.40. The number of amides is 1. The van der Waals surface area contributed by atoms with Crippen molar-refractivity contribution in [3.8, 4) is 5.88 Å². The molecule has 0 bridgehead atoms. The minimum absolute atomic E-state index is 0.0698. The highest BCUT2D eigenvalue weighted by atomic mass is 35.5. The molecule has 0 radical (unpaired) electrons. The number of hydrogen-bond donors (Lipinski definition) is 0. The van der Waals surface area contributed by atoms with Crippen LogP contribution in [0.5, 0.6) is 5.88 Å². The van der Waals surface area contributed by atoms with Gasteiger partial charge >= 0.3 is 6.09 Å². The number of pyridine rings is 1. The Kier molecular flexibility index (Phi) is 5.31. The van der Waals surface area contributed by atoms with Crippen molar-refractivity contribution in [3.05, 3.63) is 22.5 Å². The summed E-state index contributed by atoms with van der Waals surface area (Å²) in [6.07, 6.45) is 1.11. The lowest BCUT2D eigenvalue weighted by atomic mass is 10.2. The summed E-state index contributed by atoms with van der Waals surface area (Å²) in [7, 11) is 0. The lowest BCUT2D eigenvalue weighted by Crippen LogP contribution is -2.42. The molecule has 1 aliphatic heterocycles. The molecule has 2 aromatic heterocycles. The number of likely N-dealkylation sites (tertiary alicyclic amines) is 1. The molecule has 3 rings (SSSR count). The highest BCUT2D eigenvalue weighted by Crippen LogP contribution is 2.31. The van der Waals surface area contributed by atoms with Crippen LogP contribution in [0, 0.1) is 5.82 Å². The topological polar surface area (TPSA) is 77.4 Å². The van der Waals surface area contributed by atoms with Crippen LogP contribution in [-0.2, 0) is 4.74 Å². The molecule has 1 fully saturated rings. The van der Waals surface area contributed by atoms with Crippen molar-refractivity contribution < 1.29 is 18.7 Å². The third-order valence-corrected chi connectivity index (χ3v) is 4.59. The molecule has 0 unspecified atom stereocenters. The van der Waals surface area contributed by atoms with E-state index in [1.54, 1.807) is 25.7 Å². The van der Waals surface area contributed by atoms with Crippen molar-refractivity contribution in [3.63, 3.8) is 0 Å². The summed E-state index contributed by atoms with van der Waals surface area (Å²) in [5, 5.41) is -0.230. The summed E-state index contributed by atoms with van der Waals surface area (Å²) in [4.78, 5) is 25.6. The number of fused-ring (bicyclic) bond motifs is 1. The molecule has 0 aromatic carbocycles. The van der Waals surface area contributed by atoms with E-state index in [9.17, 15) is 9.18 Å². The van der Waals surface area contributed by atoms with Gasteiger partial charge in [-0.1, -0.05) is 11.6 Å². The van der Waals surface area contributed by atoms with E-state index in [2.05, 4.69) is 15.0 Å². The van der Waals surface area contributed by atoms with Crippen LogP contribution in [0.1, 0.15) is 34.1 Å². The normalized spacial score (nSPS) is 20.2. The van der Waals surface area contributed by atoms with Crippen LogP contribution in [0.3, 0.4) is 0 Å². The van der Waals surface area contributed by atoms with Gasteiger partial charge in [0.15, 0.2) is 11.0 Å². The first-order chi connectivity index (χ1) is 12.6. The minimum atomic E-state index is -0.793. The van der Waals surface area contributed by atoms with Crippen molar-refractivity contribution >= 4 is 40.2 Å². The van der Waals surface area contributed by atoms with Gasteiger partial charge in [-0.25, -0.2) is 19.2 Å². The average molecular weight is 417 g/mol. The average Bonchev–Trinajstić information content (AvgIpc) is 2.91. The SMILES string of the molecule is C[C@@H]1[C@H](Oc2nc(Cl)nc3c(F)c(Cl)ncc23)CCN1C(=O)OC(C)(C)C. The van der Waals surface area contributed by atoms with Crippen LogP contribution in [0.4, 0.5) is 9.18 Å². The third-order valence-electron chi connectivity index (χ3n) is 4.15. The summed E-state index contributed by atoms with van der Waals surface area (Å²) in [6.45, 7) is 7.74. The molecule has 0 saturated carbocycles. The molecule has 10 heteroatoms. The lowest BCUT2D eigenvalue weighted by Gasteiger charge is -2.28. The van der Waals surface area contributed by atoms with E-state index < -0.39 is 17.5 Å². The number of ether oxygens (including phenoxy) is 2. The number of hydrogen-bond acceptors (Lipinski definition) is 6. The zero-order valence-electron chi connectivity index (χ0n) is 15.3. The van der Waals surface area contributed by atoms with E-state index in [0.717, 1.165) is 0 Å². The Balaban J connectivity index is 1.84. The fourth-order valence-electron chi connectivity index (χ4n) is 2.86. The van der Waals surface area contributed by atoms with E-state index >= 15 is 0 Å². The van der Waals surface area contributed by atoms with E-state index in [-0.39, 0.29) is 39.4 Å². The Morgan fingerprint density at radius 3 is 2.70 bits per heavy atom. The monoisotopic (exact) mass is 416 g/mol. The fourth-order valence-corrected chi connectivity index (χ4v) is 3.16. The quantitative estimate of drug-likeness (QED) is 0.537. The smallest absolute Gasteiger partial charge is 0.410 e. The van der Waals surface area contributed by atoms with Crippen LogP contribution in [0.2, 0.25) is 10.4 Å². The minimum Gasteiger partial charge on any atom is -0.472 e. The number of nitrogens with zero attached hydrogens (tertiary/aromatic N) is 4. The highest BCUT2D eigenvalue weighted by Gasteiger charge is 2.38. The fraction of sp³-hybridized carbons (Fsp3) is 0.529. The van der Waals surface area contributed by atoms with Crippen molar-refractivity contribution in [2.45, 2.75) is 51.9 Å².